The third kappa shape index (κ3) is 1370. The molecule has 4 nitrogen and oxygen atoms in total. The molecule has 0 saturated carbocycles. The van der Waals surface area contributed by atoms with Crippen LogP contribution < -0.4 is 0 Å². The van der Waals surface area contributed by atoms with Crippen molar-refractivity contribution in [1.82, 2.24) is 0 Å². The molecule has 0 aliphatic heterocycles. The van der Waals surface area contributed by atoms with Gasteiger partial charge in [-0.1, -0.05) is 0 Å². The van der Waals surface area contributed by atoms with Gasteiger partial charge in [0.05, 0.1) is 0 Å². The maximum Gasteiger partial charge on any atom is 0 e. The van der Waals surface area contributed by atoms with Gasteiger partial charge >= 0.3 is 45.2 Å². The topological polar surface area (TPSA) is 79.6 Å². The van der Waals surface area contributed by atoms with Gasteiger partial charge in [0.1, 0.15) is 0 Å². The van der Waals surface area contributed by atoms with E-state index in [9.17, 15) is 0 Å². The van der Waals surface area contributed by atoms with Crippen LogP contribution in [0.1, 0.15) is 0 Å². The van der Waals surface area contributed by atoms with Crippen molar-refractivity contribution in [2.75, 3.05) is 0 Å². The monoisotopic (exact) mass is 324 g/mol. The first-order valence-corrected chi connectivity index (χ1v) is 1.32. The molecular weight excluding hydrogens is 320 g/mol. The van der Waals surface area contributed by atoms with Crippen molar-refractivity contribution in [2.45, 2.75) is 0 Å². The summed E-state index contributed by atoms with van der Waals surface area (Å²) in [6.45, 7) is 24.0. The van der Waals surface area contributed by atoms with Crippen LogP contribution >= 0.6 is 0 Å². The average molecular weight is 324 g/mol. The largest absolute Gasteiger partial charge is 0 e. The minimum absolute atomic E-state index is 0. The van der Waals surface area contributed by atoms with Crippen LogP contribution in [0.4, 0.5) is 0 Å². The summed E-state index contributed by atoms with van der Waals surface area (Å²) in [5.74, 6) is 0. The SMILES string of the molecule is C=C.[C-]#[O+].[C-]#[O+].[C-]#[O+].[C-]#[O+].[W]. The van der Waals surface area contributed by atoms with E-state index in [0.717, 1.165) is 0 Å². The molecule has 0 aromatic rings. The molecule has 0 amide bonds. The maximum absolute atomic E-state index is 7.50. The van der Waals surface area contributed by atoms with Gasteiger partial charge in [-0.2, -0.15) is 0 Å². The van der Waals surface area contributed by atoms with Crippen molar-refractivity contribution in [1.29, 1.82) is 0 Å². The molecule has 0 spiro atoms. The van der Waals surface area contributed by atoms with Crippen LogP contribution in [-0.2, 0) is 39.7 Å². The molecule has 0 bridgehead atoms. The molecule has 0 atom stereocenters. The zero-order valence-corrected chi connectivity index (χ0v) is 8.39. The molecule has 0 radical (unpaired) electrons. The fourth-order valence-electron chi connectivity index (χ4n) is 0. The van der Waals surface area contributed by atoms with Crippen LogP contribution in [0.5, 0.6) is 0 Å². The second-order valence-electron chi connectivity index (χ2n) is 0. The summed E-state index contributed by atoms with van der Waals surface area (Å²) in [6, 6.07) is 0. The normalized spacial score (nSPS) is 1.09. The smallest absolute Gasteiger partial charge is 0 e. The molecule has 0 aliphatic rings. The Bertz CT molecular complexity index is 67.7. The fourth-order valence-corrected chi connectivity index (χ4v) is 0. The van der Waals surface area contributed by atoms with Gasteiger partial charge in [0.25, 0.3) is 0 Å². The van der Waals surface area contributed by atoms with E-state index in [1.165, 1.54) is 0 Å². The Balaban J connectivity index is -0.00000000694. The van der Waals surface area contributed by atoms with Crippen LogP contribution in [-0.4, -0.2) is 0 Å². The van der Waals surface area contributed by atoms with Crippen molar-refractivity contribution in [3.05, 3.63) is 39.8 Å². The number of rotatable bonds is 0. The van der Waals surface area contributed by atoms with E-state index in [-0.39, 0.29) is 21.1 Å². The van der Waals surface area contributed by atoms with Crippen molar-refractivity contribution in [3.63, 3.8) is 0 Å². The first kappa shape index (κ1) is 47.5. The van der Waals surface area contributed by atoms with Crippen molar-refractivity contribution >= 4 is 0 Å². The Morgan fingerprint density at radius 3 is 0.545 bits per heavy atom. The molecule has 0 heterocycles. The summed E-state index contributed by atoms with van der Waals surface area (Å²) in [5, 5.41) is 0. The predicted octanol–water partition coefficient (Wildman–Crippen LogP) is 0.650. The zero-order chi connectivity index (χ0) is 10.0. The second-order valence-corrected chi connectivity index (χ2v) is 0. The Labute approximate surface area is 79.8 Å². The van der Waals surface area contributed by atoms with E-state index >= 15 is 0 Å². The van der Waals surface area contributed by atoms with E-state index in [1.54, 1.807) is 0 Å². The molecule has 0 unspecified atom stereocenters. The van der Waals surface area contributed by atoms with Gasteiger partial charge < -0.3 is 0 Å². The van der Waals surface area contributed by atoms with E-state index in [4.69, 9.17) is 18.6 Å². The van der Waals surface area contributed by atoms with E-state index in [2.05, 4.69) is 39.8 Å². The molecule has 0 fully saturated rings. The van der Waals surface area contributed by atoms with E-state index < -0.39 is 0 Å². The summed E-state index contributed by atoms with van der Waals surface area (Å²) in [7, 11) is 0. The van der Waals surface area contributed by atoms with Gasteiger partial charge in [-0.15, -0.1) is 13.2 Å². The minimum atomic E-state index is 0. The van der Waals surface area contributed by atoms with Gasteiger partial charge in [0, 0.05) is 21.1 Å². The van der Waals surface area contributed by atoms with Crippen LogP contribution in [0.3, 0.4) is 0 Å². The zero-order valence-electron chi connectivity index (χ0n) is 5.46. The molecule has 0 aromatic heterocycles. The van der Waals surface area contributed by atoms with Crippen LogP contribution in [0.25, 0.3) is 0 Å². The first-order chi connectivity index (χ1) is 5.00. The summed E-state index contributed by atoms with van der Waals surface area (Å²) in [6.07, 6.45) is 0. The molecule has 0 N–H and O–H groups in total. The molecular formula is C6H4O4W. The molecule has 0 rings (SSSR count). The Morgan fingerprint density at radius 1 is 0.545 bits per heavy atom. The van der Waals surface area contributed by atoms with Crippen LogP contribution in [0.2, 0.25) is 0 Å². The molecule has 0 aromatic carbocycles. The van der Waals surface area contributed by atoms with Crippen LogP contribution in [0.15, 0.2) is 13.2 Å². The Morgan fingerprint density at radius 2 is 0.545 bits per heavy atom. The fraction of sp³-hybridized carbons (Fsp3) is 0. The van der Waals surface area contributed by atoms with Gasteiger partial charge in [0.15, 0.2) is 0 Å². The number of hydrogen-bond donors (Lipinski definition) is 0. The summed E-state index contributed by atoms with van der Waals surface area (Å²) in [5.41, 5.74) is 0. The van der Waals surface area contributed by atoms with Crippen molar-refractivity contribution < 1.29 is 39.7 Å². The molecule has 0 saturated heterocycles. The standard InChI is InChI=1S/C2H4.4CO.W/c5*1-2;/h1-2H2;;;;;. The predicted molar refractivity (Wildman–Crippen MR) is 27.0 cm³/mol. The molecule has 0 aliphatic carbocycles. The summed E-state index contributed by atoms with van der Waals surface area (Å²) >= 11 is 0. The third-order valence-electron chi connectivity index (χ3n) is 0. The van der Waals surface area contributed by atoms with Crippen molar-refractivity contribution in [3.8, 4) is 0 Å². The maximum atomic E-state index is 7.50. The van der Waals surface area contributed by atoms with E-state index in [1.807, 2.05) is 0 Å². The third-order valence-corrected chi connectivity index (χ3v) is 0. The number of hydrogen-bond acceptors (Lipinski definition) is 0. The molecule has 5 heteroatoms. The van der Waals surface area contributed by atoms with Gasteiger partial charge in [-0.05, 0) is 0 Å². The first-order valence-electron chi connectivity index (χ1n) is 1.32. The second kappa shape index (κ2) is 1770. The minimum Gasteiger partial charge on any atom is 0 e. The molecule has 58 valence electrons. The average Bonchev–Trinajstić information content (AvgIpc) is 2.20. The van der Waals surface area contributed by atoms with Gasteiger partial charge in [-0.25, -0.2) is 0 Å². The summed E-state index contributed by atoms with van der Waals surface area (Å²) < 4.78 is 30.0. The quantitative estimate of drug-likeness (QED) is 0.356. The van der Waals surface area contributed by atoms with Gasteiger partial charge in [0.2, 0.25) is 0 Å². The summed E-state index contributed by atoms with van der Waals surface area (Å²) in [4.78, 5) is 0. The Hall–Kier alpha value is -0.612. The molecule has 11 heavy (non-hydrogen) atoms. The van der Waals surface area contributed by atoms with Crippen molar-refractivity contribution in [2.24, 2.45) is 0 Å². The van der Waals surface area contributed by atoms with E-state index in [0.29, 0.717) is 0 Å². The Kier molecular flexibility index (Phi) is 7630. The van der Waals surface area contributed by atoms with Gasteiger partial charge in [-0.3, -0.25) is 0 Å². The van der Waals surface area contributed by atoms with Crippen LogP contribution in [0, 0.1) is 26.6 Å².